The van der Waals surface area contributed by atoms with Crippen molar-refractivity contribution in [2.45, 2.75) is 13.0 Å². The van der Waals surface area contributed by atoms with Gasteiger partial charge in [0.2, 0.25) is 0 Å². The van der Waals surface area contributed by atoms with Crippen LogP contribution in [0.5, 0.6) is 0 Å². The van der Waals surface area contributed by atoms with Gasteiger partial charge in [-0.3, -0.25) is 0 Å². The van der Waals surface area contributed by atoms with Crippen molar-refractivity contribution in [3.63, 3.8) is 0 Å². The minimum atomic E-state index is 0.347. The van der Waals surface area contributed by atoms with Gasteiger partial charge < -0.3 is 0 Å². The molecule has 0 N–H and O–H groups in total. The third-order valence-electron chi connectivity index (χ3n) is 2.13. The summed E-state index contributed by atoms with van der Waals surface area (Å²) in [6.45, 7) is 0.665. The standard InChI is InChI=1S/C11H10N4/c12-7-6-11-8-13-14-15(11)9-10-4-2-1-3-5-10/h1-5,8H,6,9H2. The fraction of sp³-hybridized carbons (Fsp3) is 0.182. The zero-order valence-electron chi connectivity index (χ0n) is 8.17. The maximum absolute atomic E-state index is 8.61. The van der Waals surface area contributed by atoms with Crippen LogP contribution in [-0.2, 0) is 13.0 Å². The monoisotopic (exact) mass is 198 g/mol. The molecule has 0 amide bonds. The van der Waals surface area contributed by atoms with E-state index < -0.39 is 0 Å². The lowest BCUT2D eigenvalue weighted by molar-refractivity contribution is 0.627. The van der Waals surface area contributed by atoms with Crippen molar-refractivity contribution in [3.05, 3.63) is 47.8 Å². The van der Waals surface area contributed by atoms with E-state index in [0.29, 0.717) is 13.0 Å². The third kappa shape index (κ3) is 2.20. The van der Waals surface area contributed by atoms with Crippen LogP contribution in [0.25, 0.3) is 0 Å². The molecule has 0 unspecified atom stereocenters. The Morgan fingerprint density at radius 1 is 1.27 bits per heavy atom. The molecule has 15 heavy (non-hydrogen) atoms. The molecular weight excluding hydrogens is 188 g/mol. The molecule has 0 radical (unpaired) electrons. The summed E-state index contributed by atoms with van der Waals surface area (Å²) in [7, 11) is 0. The molecule has 74 valence electrons. The van der Waals surface area contributed by atoms with Crippen LogP contribution in [0.15, 0.2) is 36.5 Å². The average Bonchev–Trinajstić information content (AvgIpc) is 2.68. The molecule has 4 nitrogen and oxygen atoms in total. The van der Waals surface area contributed by atoms with Gasteiger partial charge in [-0.05, 0) is 5.56 Å². The van der Waals surface area contributed by atoms with Gasteiger partial charge in [-0.15, -0.1) is 5.10 Å². The van der Waals surface area contributed by atoms with Crippen LogP contribution in [0, 0.1) is 11.3 Å². The van der Waals surface area contributed by atoms with Crippen LogP contribution in [0.4, 0.5) is 0 Å². The van der Waals surface area contributed by atoms with Crippen LogP contribution in [0.1, 0.15) is 11.3 Å². The van der Waals surface area contributed by atoms with Crippen molar-refractivity contribution in [2.24, 2.45) is 0 Å². The number of nitriles is 1. The molecule has 1 aromatic heterocycles. The van der Waals surface area contributed by atoms with Crippen molar-refractivity contribution in [1.82, 2.24) is 15.0 Å². The van der Waals surface area contributed by atoms with Crippen molar-refractivity contribution in [2.75, 3.05) is 0 Å². The smallest absolute Gasteiger partial charge is 0.0788 e. The predicted molar refractivity (Wildman–Crippen MR) is 54.9 cm³/mol. The molecule has 4 heteroatoms. The van der Waals surface area contributed by atoms with E-state index in [0.717, 1.165) is 11.3 Å². The molecule has 0 aliphatic carbocycles. The highest BCUT2D eigenvalue weighted by molar-refractivity contribution is 5.15. The first-order valence-corrected chi connectivity index (χ1v) is 4.68. The Morgan fingerprint density at radius 2 is 2.07 bits per heavy atom. The molecule has 0 fully saturated rings. The summed E-state index contributed by atoms with van der Waals surface area (Å²) in [5.74, 6) is 0. The van der Waals surface area contributed by atoms with Gasteiger partial charge in [0, 0.05) is 0 Å². The Hall–Kier alpha value is -2.15. The zero-order valence-corrected chi connectivity index (χ0v) is 8.17. The topological polar surface area (TPSA) is 54.5 Å². The average molecular weight is 198 g/mol. The zero-order chi connectivity index (χ0) is 10.5. The Bertz CT molecular complexity index is 467. The minimum Gasteiger partial charge on any atom is -0.244 e. The van der Waals surface area contributed by atoms with E-state index in [1.807, 2.05) is 30.3 Å². The van der Waals surface area contributed by atoms with Crippen LogP contribution in [0.3, 0.4) is 0 Å². The molecule has 2 aromatic rings. The highest BCUT2D eigenvalue weighted by Gasteiger charge is 2.03. The summed E-state index contributed by atoms with van der Waals surface area (Å²) < 4.78 is 1.75. The van der Waals surface area contributed by atoms with E-state index in [1.54, 1.807) is 10.9 Å². The number of rotatable bonds is 3. The number of benzene rings is 1. The van der Waals surface area contributed by atoms with Gasteiger partial charge in [-0.1, -0.05) is 35.5 Å². The van der Waals surface area contributed by atoms with Gasteiger partial charge in [0.25, 0.3) is 0 Å². The van der Waals surface area contributed by atoms with Crippen LogP contribution >= 0.6 is 0 Å². The van der Waals surface area contributed by atoms with E-state index in [2.05, 4.69) is 16.4 Å². The minimum absolute atomic E-state index is 0.347. The summed E-state index contributed by atoms with van der Waals surface area (Å²) in [5, 5.41) is 16.4. The van der Waals surface area contributed by atoms with E-state index in [9.17, 15) is 0 Å². The third-order valence-corrected chi connectivity index (χ3v) is 2.13. The van der Waals surface area contributed by atoms with Gasteiger partial charge in [-0.2, -0.15) is 5.26 Å². The summed E-state index contributed by atoms with van der Waals surface area (Å²) in [6.07, 6.45) is 1.98. The Balaban J connectivity index is 2.18. The Morgan fingerprint density at radius 3 is 2.80 bits per heavy atom. The first-order valence-electron chi connectivity index (χ1n) is 4.68. The van der Waals surface area contributed by atoms with E-state index in [4.69, 9.17) is 5.26 Å². The maximum atomic E-state index is 8.61. The highest BCUT2D eigenvalue weighted by atomic mass is 15.4. The predicted octanol–water partition coefficient (Wildman–Crippen LogP) is 1.39. The fourth-order valence-corrected chi connectivity index (χ4v) is 1.39. The summed E-state index contributed by atoms with van der Waals surface area (Å²) in [5.41, 5.74) is 2.00. The molecule has 0 bridgehead atoms. The van der Waals surface area contributed by atoms with Crippen molar-refractivity contribution in [3.8, 4) is 6.07 Å². The molecule has 0 atom stereocenters. The van der Waals surface area contributed by atoms with E-state index in [1.165, 1.54) is 0 Å². The van der Waals surface area contributed by atoms with Crippen molar-refractivity contribution in [1.29, 1.82) is 5.26 Å². The molecule has 1 heterocycles. The van der Waals surface area contributed by atoms with Gasteiger partial charge in [-0.25, -0.2) is 4.68 Å². The first kappa shape index (κ1) is 9.41. The lowest BCUT2D eigenvalue weighted by Gasteiger charge is -2.03. The lowest BCUT2D eigenvalue weighted by Crippen LogP contribution is -2.05. The lowest BCUT2D eigenvalue weighted by atomic mass is 10.2. The van der Waals surface area contributed by atoms with Gasteiger partial charge >= 0.3 is 0 Å². The van der Waals surface area contributed by atoms with Crippen LogP contribution in [0.2, 0.25) is 0 Å². The van der Waals surface area contributed by atoms with Gasteiger partial charge in [0.15, 0.2) is 0 Å². The SMILES string of the molecule is N#CCc1cnnn1Cc1ccccc1. The Kier molecular flexibility index (Phi) is 2.75. The molecule has 0 saturated heterocycles. The first-order chi connectivity index (χ1) is 7.40. The second kappa shape index (κ2) is 4.38. The van der Waals surface area contributed by atoms with Crippen molar-refractivity contribution >= 4 is 0 Å². The van der Waals surface area contributed by atoms with Gasteiger partial charge in [0.05, 0.1) is 30.9 Å². The summed E-state index contributed by atoms with van der Waals surface area (Å²) in [4.78, 5) is 0. The summed E-state index contributed by atoms with van der Waals surface area (Å²) in [6, 6.07) is 12.1. The number of nitrogens with zero attached hydrogens (tertiary/aromatic N) is 4. The van der Waals surface area contributed by atoms with Crippen molar-refractivity contribution < 1.29 is 0 Å². The molecule has 0 aliphatic heterocycles. The van der Waals surface area contributed by atoms with E-state index in [-0.39, 0.29) is 0 Å². The molecular formula is C11H10N4. The normalized spacial score (nSPS) is 9.80. The maximum Gasteiger partial charge on any atom is 0.0788 e. The molecule has 1 aromatic carbocycles. The van der Waals surface area contributed by atoms with Crippen LogP contribution < -0.4 is 0 Å². The Labute approximate surface area is 87.8 Å². The van der Waals surface area contributed by atoms with E-state index >= 15 is 0 Å². The molecule has 0 saturated carbocycles. The second-order valence-corrected chi connectivity index (χ2v) is 3.20. The highest BCUT2D eigenvalue weighted by Crippen LogP contribution is 2.04. The number of hydrogen-bond donors (Lipinski definition) is 0. The largest absolute Gasteiger partial charge is 0.244 e. The second-order valence-electron chi connectivity index (χ2n) is 3.20. The fourth-order valence-electron chi connectivity index (χ4n) is 1.39. The van der Waals surface area contributed by atoms with Gasteiger partial charge in [0.1, 0.15) is 0 Å². The summed E-state index contributed by atoms with van der Waals surface area (Å²) >= 11 is 0. The molecule has 0 aliphatic rings. The number of aromatic nitrogens is 3. The number of hydrogen-bond acceptors (Lipinski definition) is 3. The quantitative estimate of drug-likeness (QED) is 0.748. The molecule has 2 rings (SSSR count). The van der Waals surface area contributed by atoms with Crippen LogP contribution in [-0.4, -0.2) is 15.0 Å². The molecule has 0 spiro atoms.